The Kier molecular flexibility index (Phi) is 4.40. The highest BCUT2D eigenvalue weighted by Crippen LogP contribution is 2.40. The lowest BCUT2D eigenvalue weighted by Gasteiger charge is -2.39. The Labute approximate surface area is 135 Å². The molecule has 0 unspecified atom stereocenters. The van der Waals surface area contributed by atoms with Crippen molar-refractivity contribution < 1.29 is 10.2 Å². The molecular formula is C16H16Br2O2. The number of hydrogen-bond acceptors (Lipinski definition) is 2. The molecule has 0 fully saturated rings. The van der Waals surface area contributed by atoms with Gasteiger partial charge < -0.3 is 10.2 Å². The van der Waals surface area contributed by atoms with Crippen LogP contribution in [-0.2, 0) is 11.2 Å². The van der Waals surface area contributed by atoms with E-state index in [1.807, 2.05) is 24.3 Å². The Bertz CT molecular complexity index is 531. The van der Waals surface area contributed by atoms with Crippen LogP contribution in [0.25, 0.3) is 0 Å². The maximum Gasteiger partial charge on any atom is 0.119 e. The van der Waals surface area contributed by atoms with Gasteiger partial charge in [-0.25, -0.2) is 0 Å². The molecular weight excluding hydrogens is 384 g/mol. The first-order valence-corrected chi connectivity index (χ1v) is 7.80. The third kappa shape index (κ3) is 2.84. The third-order valence-electron chi connectivity index (χ3n) is 3.76. The van der Waals surface area contributed by atoms with Crippen LogP contribution >= 0.6 is 31.9 Å². The molecule has 4 heteroatoms. The fraction of sp³-hybridized carbons (Fsp3) is 0.250. The molecule has 0 aliphatic carbocycles. The van der Waals surface area contributed by atoms with Crippen molar-refractivity contribution in [2.24, 2.45) is 0 Å². The highest BCUT2D eigenvalue weighted by molar-refractivity contribution is 9.10. The molecule has 0 amide bonds. The van der Waals surface area contributed by atoms with Crippen LogP contribution in [0.5, 0.6) is 0 Å². The first-order valence-electron chi connectivity index (χ1n) is 6.22. The summed E-state index contributed by atoms with van der Waals surface area (Å²) in [4.78, 5) is 0. The van der Waals surface area contributed by atoms with E-state index >= 15 is 0 Å². The highest BCUT2D eigenvalue weighted by atomic mass is 79.9. The monoisotopic (exact) mass is 398 g/mol. The minimum absolute atomic E-state index is 0.661. The van der Waals surface area contributed by atoms with Crippen LogP contribution < -0.4 is 0 Å². The van der Waals surface area contributed by atoms with Gasteiger partial charge in [0.15, 0.2) is 0 Å². The first-order chi connectivity index (χ1) is 9.25. The van der Waals surface area contributed by atoms with E-state index in [2.05, 4.69) is 31.9 Å². The number of benzene rings is 2. The maximum atomic E-state index is 10.9. The second-order valence-corrected chi connectivity index (χ2v) is 6.99. The number of halogens is 2. The number of hydrogen-bond donors (Lipinski definition) is 2. The maximum absolute atomic E-state index is 10.9. The molecule has 0 aliphatic heterocycles. The summed E-state index contributed by atoms with van der Waals surface area (Å²) in [6.45, 7) is 3.25. The molecule has 2 aromatic rings. The summed E-state index contributed by atoms with van der Waals surface area (Å²) in [5.74, 6) is 0. The van der Waals surface area contributed by atoms with Crippen molar-refractivity contribution in [3.8, 4) is 0 Å². The minimum Gasteiger partial charge on any atom is -0.382 e. The molecule has 2 nitrogen and oxygen atoms in total. The fourth-order valence-corrected chi connectivity index (χ4v) is 2.64. The van der Waals surface area contributed by atoms with Gasteiger partial charge in [0.1, 0.15) is 11.2 Å². The Morgan fingerprint density at radius 2 is 0.900 bits per heavy atom. The lowest BCUT2D eigenvalue weighted by atomic mass is 9.76. The Hall–Kier alpha value is -0.680. The Morgan fingerprint density at radius 1 is 0.650 bits per heavy atom. The third-order valence-corrected chi connectivity index (χ3v) is 4.82. The van der Waals surface area contributed by atoms with Crippen LogP contribution in [0.4, 0.5) is 0 Å². The lowest BCUT2D eigenvalue weighted by molar-refractivity contribution is -0.143. The molecule has 0 bridgehead atoms. The van der Waals surface area contributed by atoms with E-state index in [0.29, 0.717) is 11.1 Å². The van der Waals surface area contributed by atoms with E-state index in [4.69, 9.17) is 0 Å². The van der Waals surface area contributed by atoms with E-state index in [-0.39, 0.29) is 0 Å². The summed E-state index contributed by atoms with van der Waals surface area (Å²) >= 11 is 6.73. The van der Waals surface area contributed by atoms with Crippen LogP contribution in [0.1, 0.15) is 25.0 Å². The topological polar surface area (TPSA) is 40.5 Å². The van der Waals surface area contributed by atoms with Gasteiger partial charge in [-0.05, 0) is 49.2 Å². The van der Waals surface area contributed by atoms with Crippen LogP contribution in [0, 0.1) is 0 Å². The molecule has 2 rings (SSSR count). The van der Waals surface area contributed by atoms with Crippen LogP contribution in [0.2, 0.25) is 0 Å². The SMILES string of the molecule is C[C@@](O)(c1ccc(Br)cc1)[C@](C)(O)c1ccc(Br)cc1. The fourth-order valence-electron chi connectivity index (χ4n) is 2.11. The van der Waals surface area contributed by atoms with Crippen molar-refractivity contribution in [1.29, 1.82) is 0 Å². The summed E-state index contributed by atoms with van der Waals surface area (Å²) < 4.78 is 1.86. The molecule has 2 N–H and O–H groups in total. The van der Waals surface area contributed by atoms with E-state index in [1.165, 1.54) is 0 Å². The second kappa shape index (κ2) is 5.60. The zero-order valence-electron chi connectivity index (χ0n) is 11.3. The molecule has 0 saturated heterocycles. The van der Waals surface area contributed by atoms with Crippen LogP contribution in [0.3, 0.4) is 0 Å². The molecule has 0 heterocycles. The predicted octanol–water partition coefficient (Wildman–Crippen LogP) is 4.33. The predicted molar refractivity (Wildman–Crippen MR) is 87.4 cm³/mol. The molecule has 0 aromatic heterocycles. The largest absolute Gasteiger partial charge is 0.382 e. The van der Waals surface area contributed by atoms with Gasteiger partial charge in [-0.1, -0.05) is 56.1 Å². The van der Waals surface area contributed by atoms with Crippen molar-refractivity contribution in [3.05, 3.63) is 68.6 Å². The lowest BCUT2D eigenvalue weighted by Crippen LogP contribution is -2.45. The van der Waals surface area contributed by atoms with E-state index < -0.39 is 11.2 Å². The highest BCUT2D eigenvalue weighted by Gasteiger charge is 2.44. The van der Waals surface area contributed by atoms with Gasteiger partial charge in [0.2, 0.25) is 0 Å². The van der Waals surface area contributed by atoms with Gasteiger partial charge in [0.25, 0.3) is 0 Å². The van der Waals surface area contributed by atoms with Crippen molar-refractivity contribution in [3.63, 3.8) is 0 Å². The first kappa shape index (κ1) is 15.7. The van der Waals surface area contributed by atoms with Crippen LogP contribution in [0.15, 0.2) is 57.5 Å². The molecule has 0 aliphatic rings. The summed E-state index contributed by atoms with van der Waals surface area (Å²) in [7, 11) is 0. The van der Waals surface area contributed by atoms with E-state index in [0.717, 1.165) is 8.95 Å². The van der Waals surface area contributed by atoms with E-state index in [9.17, 15) is 10.2 Å². The molecule has 2 atom stereocenters. The Morgan fingerprint density at radius 3 is 1.15 bits per heavy atom. The Balaban J connectivity index is 2.45. The van der Waals surface area contributed by atoms with Gasteiger partial charge in [0, 0.05) is 8.95 Å². The van der Waals surface area contributed by atoms with Crippen LogP contribution in [-0.4, -0.2) is 10.2 Å². The molecule has 0 saturated carbocycles. The quantitative estimate of drug-likeness (QED) is 0.806. The van der Waals surface area contributed by atoms with Crippen molar-refractivity contribution in [1.82, 2.24) is 0 Å². The summed E-state index contributed by atoms with van der Waals surface area (Å²) in [5.41, 5.74) is -1.48. The summed E-state index contributed by atoms with van der Waals surface area (Å²) in [6, 6.07) is 14.6. The second-order valence-electron chi connectivity index (χ2n) is 5.16. The standard InChI is InChI=1S/C16H16Br2O2/c1-15(19,11-3-7-13(17)8-4-11)16(2,20)12-5-9-14(18)10-6-12/h3-10,19-20H,1-2H3/t15-,16-/m1/s1. The zero-order valence-corrected chi connectivity index (χ0v) is 14.4. The van der Waals surface area contributed by atoms with Gasteiger partial charge in [-0.15, -0.1) is 0 Å². The van der Waals surface area contributed by atoms with Crippen molar-refractivity contribution in [2.45, 2.75) is 25.0 Å². The molecule has 106 valence electrons. The number of aliphatic hydroxyl groups is 2. The average Bonchev–Trinajstić information content (AvgIpc) is 2.39. The van der Waals surface area contributed by atoms with Gasteiger partial charge in [-0.2, -0.15) is 0 Å². The summed E-state index contributed by atoms with van der Waals surface area (Å²) in [6.07, 6.45) is 0. The molecule has 2 aromatic carbocycles. The minimum atomic E-state index is -1.40. The van der Waals surface area contributed by atoms with Gasteiger partial charge >= 0.3 is 0 Å². The van der Waals surface area contributed by atoms with Crippen molar-refractivity contribution >= 4 is 31.9 Å². The molecule has 0 radical (unpaired) electrons. The van der Waals surface area contributed by atoms with Crippen molar-refractivity contribution in [2.75, 3.05) is 0 Å². The molecule has 20 heavy (non-hydrogen) atoms. The van der Waals surface area contributed by atoms with Gasteiger partial charge in [-0.3, -0.25) is 0 Å². The number of rotatable bonds is 3. The smallest absolute Gasteiger partial charge is 0.119 e. The normalized spacial score (nSPS) is 17.3. The zero-order chi connectivity index (χ0) is 15.0. The summed E-state index contributed by atoms with van der Waals surface area (Å²) in [5, 5.41) is 21.7. The van der Waals surface area contributed by atoms with Gasteiger partial charge in [0.05, 0.1) is 0 Å². The molecule has 0 spiro atoms. The average molecular weight is 400 g/mol. The van der Waals surface area contributed by atoms with E-state index in [1.54, 1.807) is 38.1 Å².